The minimum absolute atomic E-state index is 0.634. The Balaban J connectivity index is 0.960. The number of hydrogen-bond acceptors (Lipinski definition) is 3. The molecule has 0 aliphatic rings. The van der Waals surface area contributed by atoms with Crippen LogP contribution < -0.4 is 0 Å². The molecule has 0 amide bonds. The Morgan fingerprint density at radius 1 is 0.239 bits per heavy atom. The molecule has 4 heteroatoms. The van der Waals surface area contributed by atoms with Gasteiger partial charge < -0.3 is 4.57 Å². The summed E-state index contributed by atoms with van der Waals surface area (Å²) in [6.45, 7) is 0. The minimum atomic E-state index is 0.634. The van der Waals surface area contributed by atoms with Crippen molar-refractivity contribution in [3.05, 3.63) is 243 Å². The molecule has 0 aliphatic heterocycles. The number of para-hydroxylation sites is 1. The van der Waals surface area contributed by atoms with Crippen LogP contribution >= 0.6 is 0 Å². The van der Waals surface area contributed by atoms with Crippen molar-refractivity contribution in [1.82, 2.24) is 19.5 Å². The third-order valence-electron chi connectivity index (χ3n) is 13.2. The molecule has 0 N–H and O–H groups in total. The zero-order valence-corrected chi connectivity index (χ0v) is 36.4. The van der Waals surface area contributed by atoms with Gasteiger partial charge in [0.25, 0.3) is 0 Å². The standard InChI is InChI=1S/C63H40N4/c1-4-16-41(17-5-1)42-30-34-49(35-31-42)67-58-29-13-12-26-53(58)54-36-32-46(40-59(54)67)45-33-37-56-57(39-45)52-25-11-10-24-51(52)55-28-15-27-50(60(55)56)47-22-14-23-48(38-47)63-65-61(43-18-6-2-7-19-43)64-62(66-63)44-20-8-3-9-21-44/h1-40H. The van der Waals surface area contributed by atoms with Crippen molar-refractivity contribution in [3.8, 4) is 73.2 Å². The molecule has 0 bridgehead atoms. The predicted molar refractivity (Wildman–Crippen MR) is 279 cm³/mol. The van der Waals surface area contributed by atoms with E-state index in [-0.39, 0.29) is 0 Å². The van der Waals surface area contributed by atoms with Crippen molar-refractivity contribution in [2.24, 2.45) is 0 Å². The van der Waals surface area contributed by atoms with Crippen molar-refractivity contribution in [1.29, 1.82) is 0 Å². The molecule has 4 nitrogen and oxygen atoms in total. The van der Waals surface area contributed by atoms with Crippen LogP contribution in [0.2, 0.25) is 0 Å². The van der Waals surface area contributed by atoms with Gasteiger partial charge in [-0.2, -0.15) is 0 Å². The summed E-state index contributed by atoms with van der Waals surface area (Å²) < 4.78 is 2.41. The molecule has 13 aromatic rings. The molecule has 0 saturated heterocycles. The third-order valence-corrected chi connectivity index (χ3v) is 13.2. The van der Waals surface area contributed by atoms with Gasteiger partial charge in [0.1, 0.15) is 0 Å². The maximum Gasteiger partial charge on any atom is 0.164 e. The SMILES string of the molecule is c1ccc(-c2ccc(-n3c4ccccc4c4ccc(-c5ccc6c(c5)c5ccccc5c5cccc(-c7cccc(-c8nc(-c9ccccc9)nc(-c9ccccc9)n8)c7)c56)cc43)cc2)cc1. The van der Waals surface area contributed by atoms with Crippen molar-refractivity contribution >= 4 is 54.1 Å². The number of benzene rings is 11. The van der Waals surface area contributed by atoms with E-state index in [1.807, 2.05) is 60.7 Å². The van der Waals surface area contributed by atoms with Crippen LogP contribution in [0.5, 0.6) is 0 Å². The van der Waals surface area contributed by atoms with Gasteiger partial charge in [0.05, 0.1) is 11.0 Å². The lowest BCUT2D eigenvalue weighted by atomic mass is 9.88. The van der Waals surface area contributed by atoms with Crippen molar-refractivity contribution < 1.29 is 0 Å². The van der Waals surface area contributed by atoms with Crippen LogP contribution in [0.25, 0.3) is 127 Å². The number of hydrogen-bond donors (Lipinski definition) is 0. The maximum absolute atomic E-state index is 5.07. The van der Waals surface area contributed by atoms with Gasteiger partial charge in [-0.1, -0.05) is 206 Å². The highest BCUT2D eigenvalue weighted by Crippen LogP contribution is 2.43. The smallest absolute Gasteiger partial charge is 0.164 e. The van der Waals surface area contributed by atoms with Gasteiger partial charge in [-0.05, 0) is 102 Å². The second-order valence-corrected chi connectivity index (χ2v) is 17.2. The Labute approximate surface area is 387 Å². The predicted octanol–water partition coefficient (Wildman–Crippen LogP) is 16.4. The first kappa shape index (κ1) is 38.5. The Morgan fingerprint density at radius 3 is 1.37 bits per heavy atom. The Morgan fingerprint density at radius 2 is 0.687 bits per heavy atom. The fourth-order valence-corrected chi connectivity index (χ4v) is 10.1. The van der Waals surface area contributed by atoms with Crippen LogP contribution in [0.4, 0.5) is 0 Å². The lowest BCUT2D eigenvalue weighted by Crippen LogP contribution is -2.00. The largest absolute Gasteiger partial charge is 0.309 e. The molecular weight excluding hydrogens is 813 g/mol. The van der Waals surface area contributed by atoms with Gasteiger partial charge in [-0.15, -0.1) is 0 Å². The zero-order chi connectivity index (χ0) is 44.3. The van der Waals surface area contributed by atoms with Gasteiger partial charge in [0, 0.05) is 33.2 Å². The molecule has 0 fully saturated rings. The second kappa shape index (κ2) is 15.9. The number of fused-ring (bicyclic) bond motifs is 9. The fourth-order valence-electron chi connectivity index (χ4n) is 10.1. The summed E-state index contributed by atoms with van der Waals surface area (Å²) in [5.74, 6) is 1.92. The summed E-state index contributed by atoms with van der Waals surface area (Å²) in [7, 11) is 0. The highest BCUT2D eigenvalue weighted by molar-refractivity contribution is 6.29. The van der Waals surface area contributed by atoms with Gasteiger partial charge >= 0.3 is 0 Å². The zero-order valence-electron chi connectivity index (χ0n) is 36.4. The summed E-state index contributed by atoms with van der Waals surface area (Å²) in [6, 6.07) is 86.7. The molecule has 312 valence electrons. The molecule has 0 saturated carbocycles. The van der Waals surface area contributed by atoms with E-state index in [1.165, 1.54) is 76.4 Å². The molecule has 0 atom stereocenters. The second-order valence-electron chi connectivity index (χ2n) is 17.2. The third kappa shape index (κ3) is 6.65. The molecule has 0 aliphatic carbocycles. The Kier molecular flexibility index (Phi) is 9.14. The number of nitrogens with zero attached hydrogens (tertiary/aromatic N) is 4. The van der Waals surface area contributed by atoms with Crippen LogP contribution in [0, 0.1) is 0 Å². The van der Waals surface area contributed by atoms with Gasteiger partial charge in [0.15, 0.2) is 17.5 Å². The van der Waals surface area contributed by atoms with Gasteiger partial charge in [-0.25, -0.2) is 15.0 Å². The lowest BCUT2D eigenvalue weighted by Gasteiger charge is -2.16. The lowest BCUT2D eigenvalue weighted by molar-refractivity contribution is 1.07. The van der Waals surface area contributed by atoms with Crippen LogP contribution in [0.15, 0.2) is 243 Å². The molecule has 0 unspecified atom stereocenters. The van der Waals surface area contributed by atoms with E-state index >= 15 is 0 Å². The monoisotopic (exact) mass is 852 g/mol. The van der Waals surface area contributed by atoms with Crippen LogP contribution in [0.1, 0.15) is 0 Å². The summed E-state index contributed by atoms with van der Waals surface area (Å²) in [4.78, 5) is 15.1. The Bertz CT molecular complexity index is 3950. The van der Waals surface area contributed by atoms with Gasteiger partial charge in [-0.3, -0.25) is 0 Å². The normalized spacial score (nSPS) is 11.6. The molecule has 11 aromatic carbocycles. The Hall–Kier alpha value is -8.99. The molecule has 2 heterocycles. The summed E-state index contributed by atoms with van der Waals surface area (Å²) in [6.07, 6.45) is 0. The first-order valence-corrected chi connectivity index (χ1v) is 22.8. The van der Waals surface area contributed by atoms with E-state index in [9.17, 15) is 0 Å². The maximum atomic E-state index is 5.07. The summed E-state index contributed by atoms with van der Waals surface area (Å²) in [5, 5.41) is 9.82. The van der Waals surface area contributed by atoms with Crippen LogP contribution in [-0.2, 0) is 0 Å². The van der Waals surface area contributed by atoms with Crippen LogP contribution in [-0.4, -0.2) is 19.5 Å². The molecular formula is C63H40N4. The van der Waals surface area contributed by atoms with E-state index in [2.05, 4.69) is 187 Å². The van der Waals surface area contributed by atoms with E-state index in [0.717, 1.165) is 33.5 Å². The molecule has 0 radical (unpaired) electrons. The van der Waals surface area contributed by atoms with E-state index < -0.39 is 0 Å². The van der Waals surface area contributed by atoms with E-state index in [0.29, 0.717) is 17.5 Å². The highest BCUT2D eigenvalue weighted by Gasteiger charge is 2.18. The first-order valence-electron chi connectivity index (χ1n) is 22.8. The number of rotatable bonds is 7. The topological polar surface area (TPSA) is 43.6 Å². The van der Waals surface area contributed by atoms with Crippen molar-refractivity contribution in [2.75, 3.05) is 0 Å². The fraction of sp³-hybridized carbons (Fsp3) is 0. The molecule has 2 aromatic heterocycles. The van der Waals surface area contributed by atoms with Gasteiger partial charge in [0.2, 0.25) is 0 Å². The highest BCUT2D eigenvalue weighted by atomic mass is 15.0. The quantitative estimate of drug-likeness (QED) is 0.150. The van der Waals surface area contributed by atoms with E-state index in [4.69, 9.17) is 15.0 Å². The molecule has 0 spiro atoms. The first-order chi connectivity index (χ1) is 33.2. The van der Waals surface area contributed by atoms with Crippen molar-refractivity contribution in [2.45, 2.75) is 0 Å². The van der Waals surface area contributed by atoms with Crippen LogP contribution in [0.3, 0.4) is 0 Å². The van der Waals surface area contributed by atoms with Crippen molar-refractivity contribution in [3.63, 3.8) is 0 Å². The molecule has 13 rings (SSSR count). The average molecular weight is 853 g/mol. The average Bonchev–Trinajstić information content (AvgIpc) is 3.75. The minimum Gasteiger partial charge on any atom is -0.309 e. The molecule has 67 heavy (non-hydrogen) atoms. The number of aromatic nitrogens is 4. The van der Waals surface area contributed by atoms with E-state index in [1.54, 1.807) is 0 Å². The summed E-state index contributed by atoms with van der Waals surface area (Å²) in [5.41, 5.74) is 13.4. The summed E-state index contributed by atoms with van der Waals surface area (Å²) >= 11 is 0.